The molecule has 120 valence electrons. The van der Waals surface area contributed by atoms with E-state index in [1.54, 1.807) is 0 Å². The lowest BCUT2D eigenvalue weighted by Crippen LogP contribution is -2.30. The topological polar surface area (TPSA) is 102 Å². The van der Waals surface area contributed by atoms with Crippen LogP contribution in [0.2, 0.25) is 5.02 Å². The van der Waals surface area contributed by atoms with Gasteiger partial charge in [-0.3, -0.25) is 4.79 Å². The van der Waals surface area contributed by atoms with E-state index < -0.39 is 22.6 Å². The lowest BCUT2D eigenvalue weighted by molar-refractivity contribution is -0.124. The molecule has 0 unspecified atom stereocenters. The van der Waals surface area contributed by atoms with Crippen LogP contribution in [0.3, 0.4) is 0 Å². The fourth-order valence-electron chi connectivity index (χ4n) is 1.66. The van der Waals surface area contributed by atoms with Crippen LogP contribution in [0.1, 0.15) is 23.2 Å². The first-order chi connectivity index (χ1) is 10.3. The zero-order valence-corrected chi connectivity index (χ0v) is 13.3. The second kappa shape index (κ2) is 6.64. The summed E-state index contributed by atoms with van der Waals surface area (Å²) in [7, 11) is -2.56. The molecule has 2 N–H and O–H groups in total. The first-order valence-electron chi connectivity index (χ1n) is 6.53. The number of hydrogen-bond acceptors (Lipinski definition) is 5. The second-order valence-corrected chi connectivity index (χ2v) is 7.03. The fourth-order valence-corrected chi connectivity index (χ4v) is 2.91. The number of sulfonamides is 1. The summed E-state index contributed by atoms with van der Waals surface area (Å²) in [4.78, 5) is 23.1. The average Bonchev–Trinajstić information content (AvgIpc) is 3.29. The minimum atomic E-state index is -3.79. The fraction of sp³-hybridized carbons (Fsp3) is 0.385. The molecule has 1 aromatic rings. The standard InChI is InChI=1S/C13H15ClN2O5S/c1-15-22(19,20)11-6-8(2-5-10(11)14)13(18)21-7-12(17)16-9-3-4-9/h2,5-6,9,15H,3-4,7H2,1H3,(H,16,17). The number of hydrogen-bond donors (Lipinski definition) is 2. The van der Waals surface area contributed by atoms with E-state index in [2.05, 4.69) is 10.0 Å². The van der Waals surface area contributed by atoms with Crippen LogP contribution in [0.5, 0.6) is 0 Å². The van der Waals surface area contributed by atoms with Gasteiger partial charge in [-0.15, -0.1) is 0 Å². The van der Waals surface area contributed by atoms with Gasteiger partial charge < -0.3 is 10.1 Å². The second-order valence-electron chi connectivity index (χ2n) is 4.77. The zero-order valence-electron chi connectivity index (χ0n) is 11.8. The Morgan fingerprint density at radius 2 is 2.05 bits per heavy atom. The summed E-state index contributed by atoms with van der Waals surface area (Å²) in [5, 5.41) is 2.66. The Kier molecular flexibility index (Phi) is 5.05. The van der Waals surface area contributed by atoms with Crippen LogP contribution in [-0.4, -0.2) is 40.0 Å². The van der Waals surface area contributed by atoms with E-state index in [9.17, 15) is 18.0 Å². The molecule has 0 aliphatic heterocycles. The third kappa shape index (κ3) is 4.19. The first-order valence-corrected chi connectivity index (χ1v) is 8.39. The zero-order chi connectivity index (χ0) is 16.3. The Morgan fingerprint density at radius 1 is 1.36 bits per heavy atom. The third-order valence-corrected chi connectivity index (χ3v) is 4.90. The van der Waals surface area contributed by atoms with E-state index in [1.165, 1.54) is 19.2 Å². The highest BCUT2D eigenvalue weighted by atomic mass is 35.5. The van der Waals surface area contributed by atoms with E-state index >= 15 is 0 Å². The molecular weight excluding hydrogens is 332 g/mol. The monoisotopic (exact) mass is 346 g/mol. The van der Waals surface area contributed by atoms with Crippen molar-refractivity contribution in [2.45, 2.75) is 23.8 Å². The Labute approximate surface area is 133 Å². The van der Waals surface area contributed by atoms with Crippen molar-refractivity contribution in [2.24, 2.45) is 0 Å². The number of nitrogens with one attached hydrogen (secondary N) is 2. The van der Waals surface area contributed by atoms with Crippen molar-refractivity contribution in [3.8, 4) is 0 Å². The van der Waals surface area contributed by atoms with Gasteiger partial charge >= 0.3 is 5.97 Å². The summed E-state index contributed by atoms with van der Waals surface area (Å²) >= 11 is 5.82. The molecule has 2 rings (SSSR count). The molecular formula is C13H15ClN2O5S. The van der Waals surface area contributed by atoms with Gasteiger partial charge in [-0.05, 0) is 38.1 Å². The highest BCUT2D eigenvalue weighted by Gasteiger charge is 2.24. The van der Waals surface area contributed by atoms with Crippen molar-refractivity contribution >= 4 is 33.5 Å². The van der Waals surface area contributed by atoms with Gasteiger partial charge in [0.25, 0.3) is 5.91 Å². The summed E-state index contributed by atoms with van der Waals surface area (Å²) in [5.74, 6) is -1.18. The van der Waals surface area contributed by atoms with Gasteiger partial charge in [-0.1, -0.05) is 11.6 Å². The van der Waals surface area contributed by atoms with Crippen LogP contribution >= 0.6 is 11.6 Å². The Morgan fingerprint density at radius 3 is 2.64 bits per heavy atom. The number of carbonyl (C=O) groups excluding carboxylic acids is 2. The first kappa shape index (κ1) is 16.7. The van der Waals surface area contributed by atoms with Crippen LogP contribution in [0, 0.1) is 0 Å². The minimum absolute atomic E-state index is 0.00236. The van der Waals surface area contributed by atoms with Crippen molar-refractivity contribution in [1.29, 1.82) is 0 Å². The molecule has 1 fully saturated rings. The number of amides is 1. The van der Waals surface area contributed by atoms with Crippen molar-refractivity contribution in [1.82, 2.24) is 10.0 Å². The van der Waals surface area contributed by atoms with Gasteiger partial charge in [-0.25, -0.2) is 17.9 Å². The van der Waals surface area contributed by atoms with Crippen molar-refractivity contribution in [2.75, 3.05) is 13.7 Å². The summed E-state index contributed by atoms with van der Waals surface area (Å²) in [6.07, 6.45) is 1.87. The van der Waals surface area contributed by atoms with Gasteiger partial charge in [0.1, 0.15) is 4.90 Å². The van der Waals surface area contributed by atoms with Crippen LogP contribution in [-0.2, 0) is 19.6 Å². The predicted octanol–water partition coefficient (Wildman–Crippen LogP) is 0.684. The maximum Gasteiger partial charge on any atom is 0.338 e. The highest BCUT2D eigenvalue weighted by molar-refractivity contribution is 7.89. The van der Waals surface area contributed by atoms with E-state index in [-0.39, 0.29) is 27.4 Å². The number of rotatable bonds is 6. The summed E-state index contributed by atoms with van der Waals surface area (Å²) < 4.78 is 30.5. The molecule has 1 saturated carbocycles. The summed E-state index contributed by atoms with van der Waals surface area (Å²) in [6, 6.07) is 3.90. The number of ether oxygens (including phenoxy) is 1. The van der Waals surface area contributed by atoms with E-state index in [1.807, 2.05) is 0 Å². The smallest absolute Gasteiger partial charge is 0.338 e. The number of halogens is 1. The lowest BCUT2D eigenvalue weighted by atomic mass is 10.2. The quantitative estimate of drug-likeness (QED) is 0.738. The number of benzene rings is 1. The van der Waals surface area contributed by atoms with Crippen molar-refractivity contribution in [3.63, 3.8) is 0 Å². The van der Waals surface area contributed by atoms with Gasteiger partial charge in [0.15, 0.2) is 6.61 Å². The van der Waals surface area contributed by atoms with E-state index in [0.717, 1.165) is 18.9 Å². The third-order valence-electron chi connectivity index (χ3n) is 3.00. The average molecular weight is 347 g/mol. The number of carbonyl (C=O) groups is 2. The SMILES string of the molecule is CNS(=O)(=O)c1cc(C(=O)OCC(=O)NC2CC2)ccc1Cl. The lowest BCUT2D eigenvalue weighted by Gasteiger charge is -2.08. The van der Waals surface area contributed by atoms with E-state index in [4.69, 9.17) is 16.3 Å². The molecule has 7 nitrogen and oxygen atoms in total. The minimum Gasteiger partial charge on any atom is -0.452 e. The normalized spacial score (nSPS) is 14.5. The molecule has 0 heterocycles. The molecule has 1 aliphatic carbocycles. The van der Waals surface area contributed by atoms with Crippen molar-refractivity contribution in [3.05, 3.63) is 28.8 Å². The molecule has 0 aromatic heterocycles. The highest BCUT2D eigenvalue weighted by Crippen LogP contribution is 2.23. The molecule has 9 heteroatoms. The van der Waals surface area contributed by atoms with Gasteiger partial charge in [-0.2, -0.15) is 0 Å². The molecule has 0 radical (unpaired) electrons. The maximum absolute atomic E-state index is 11.9. The number of esters is 1. The molecule has 0 spiro atoms. The molecule has 0 bridgehead atoms. The summed E-state index contributed by atoms with van der Waals surface area (Å²) in [6.45, 7) is -0.411. The maximum atomic E-state index is 11.9. The predicted molar refractivity (Wildman–Crippen MR) is 79.1 cm³/mol. The van der Waals surface area contributed by atoms with Crippen LogP contribution in [0.4, 0.5) is 0 Å². The van der Waals surface area contributed by atoms with Crippen LogP contribution in [0.15, 0.2) is 23.1 Å². The molecule has 1 aliphatic rings. The van der Waals surface area contributed by atoms with Crippen LogP contribution in [0.25, 0.3) is 0 Å². The van der Waals surface area contributed by atoms with Gasteiger partial charge in [0.2, 0.25) is 10.0 Å². The van der Waals surface area contributed by atoms with Gasteiger partial charge in [0, 0.05) is 6.04 Å². The van der Waals surface area contributed by atoms with Crippen molar-refractivity contribution < 1.29 is 22.7 Å². The Balaban J connectivity index is 2.06. The molecule has 0 atom stereocenters. The largest absolute Gasteiger partial charge is 0.452 e. The molecule has 0 saturated heterocycles. The molecule has 1 amide bonds. The Hall–Kier alpha value is -1.64. The molecule has 1 aromatic carbocycles. The van der Waals surface area contributed by atoms with E-state index in [0.29, 0.717) is 0 Å². The van der Waals surface area contributed by atoms with Gasteiger partial charge in [0.05, 0.1) is 10.6 Å². The molecule has 22 heavy (non-hydrogen) atoms. The Bertz CT molecular complexity index is 700. The summed E-state index contributed by atoms with van der Waals surface area (Å²) in [5.41, 5.74) is -0.00236. The van der Waals surface area contributed by atoms with Crippen LogP contribution < -0.4 is 10.0 Å².